The number of hydrogen-bond donors (Lipinski definition) is 2. The molecule has 0 spiro atoms. The third kappa shape index (κ3) is 4.63. The summed E-state index contributed by atoms with van der Waals surface area (Å²) in [7, 11) is 0. The Balaban J connectivity index is 1.79. The molecular weight excluding hydrogens is 160 g/mol. The summed E-state index contributed by atoms with van der Waals surface area (Å²) >= 11 is 0. The quantitative estimate of drug-likeness (QED) is 0.590. The van der Waals surface area contributed by atoms with Gasteiger partial charge in [-0.15, -0.1) is 0 Å². The molecule has 3 N–H and O–H groups in total. The van der Waals surface area contributed by atoms with Gasteiger partial charge in [-0.25, -0.2) is 0 Å². The van der Waals surface area contributed by atoms with Gasteiger partial charge in [-0.3, -0.25) is 0 Å². The lowest BCUT2D eigenvalue weighted by atomic mass is 10.1. The van der Waals surface area contributed by atoms with Crippen LogP contribution >= 0.6 is 0 Å². The van der Waals surface area contributed by atoms with Crippen molar-refractivity contribution < 1.29 is 0 Å². The summed E-state index contributed by atoms with van der Waals surface area (Å²) in [5.74, 6) is 2.66. The fourth-order valence-corrected chi connectivity index (χ4v) is 1.66. The van der Waals surface area contributed by atoms with E-state index >= 15 is 0 Å². The molecule has 13 heavy (non-hydrogen) atoms. The van der Waals surface area contributed by atoms with E-state index in [-0.39, 0.29) is 0 Å². The maximum absolute atomic E-state index is 5.54. The van der Waals surface area contributed by atoms with Crippen LogP contribution in [0.2, 0.25) is 0 Å². The molecule has 0 amide bonds. The molecule has 0 radical (unpaired) electrons. The molecule has 0 aromatic rings. The molecule has 0 aliphatic heterocycles. The van der Waals surface area contributed by atoms with Crippen molar-refractivity contribution in [2.24, 2.45) is 23.5 Å². The summed E-state index contributed by atoms with van der Waals surface area (Å²) < 4.78 is 0. The summed E-state index contributed by atoms with van der Waals surface area (Å²) in [6.07, 6.45) is 3.98. The maximum Gasteiger partial charge on any atom is -0.00179 e. The summed E-state index contributed by atoms with van der Waals surface area (Å²) in [5, 5.41) is 3.52. The average molecular weight is 184 g/mol. The summed E-state index contributed by atoms with van der Waals surface area (Å²) in [4.78, 5) is 0. The Labute approximate surface area is 82.3 Å². The molecule has 1 aliphatic carbocycles. The largest absolute Gasteiger partial charge is 0.330 e. The van der Waals surface area contributed by atoms with Gasteiger partial charge in [0.05, 0.1) is 0 Å². The molecule has 2 nitrogen and oxygen atoms in total. The number of nitrogens with two attached hydrogens (primary N) is 1. The average Bonchev–Trinajstić information content (AvgIpc) is 2.81. The third-order valence-corrected chi connectivity index (χ3v) is 3.14. The molecule has 0 saturated heterocycles. The first-order valence-electron chi connectivity index (χ1n) is 5.64. The van der Waals surface area contributed by atoms with Gasteiger partial charge < -0.3 is 11.1 Å². The van der Waals surface area contributed by atoms with Crippen LogP contribution in [0.25, 0.3) is 0 Å². The van der Waals surface area contributed by atoms with E-state index in [9.17, 15) is 0 Å². The minimum atomic E-state index is 0.696. The summed E-state index contributed by atoms with van der Waals surface area (Å²) in [6, 6.07) is 0. The normalized spacial score (nSPS) is 28.8. The van der Waals surface area contributed by atoms with Crippen molar-refractivity contribution in [3.8, 4) is 0 Å². The number of hydrogen-bond acceptors (Lipinski definition) is 2. The van der Waals surface area contributed by atoms with Crippen LogP contribution in [-0.4, -0.2) is 19.6 Å². The van der Waals surface area contributed by atoms with Crippen molar-refractivity contribution in [1.82, 2.24) is 5.32 Å². The smallest absolute Gasteiger partial charge is 0.00179 e. The van der Waals surface area contributed by atoms with Gasteiger partial charge in [-0.1, -0.05) is 13.8 Å². The van der Waals surface area contributed by atoms with Gasteiger partial charge in [-0.05, 0) is 56.7 Å². The van der Waals surface area contributed by atoms with E-state index in [0.29, 0.717) is 5.92 Å². The Bertz CT molecular complexity index is 130. The first kappa shape index (κ1) is 11.0. The van der Waals surface area contributed by atoms with Gasteiger partial charge in [-0.2, -0.15) is 0 Å². The van der Waals surface area contributed by atoms with Crippen LogP contribution in [-0.2, 0) is 0 Å². The highest BCUT2D eigenvalue weighted by atomic mass is 14.9. The lowest BCUT2D eigenvalue weighted by Crippen LogP contribution is -2.20. The van der Waals surface area contributed by atoms with Crippen LogP contribution in [0.5, 0.6) is 0 Å². The van der Waals surface area contributed by atoms with Gasteiger partial charge in [0.1, 0.15) is 0 Å². The molecular formula is C11H24N2. The predicted molar refractivity (Wildman–Crippen MR) is 57.6 cm³/mol. The molecule has 78 valence electrons. The van der Waals surface area contributed by atoms with Crippen LogP contribution in [0.3, 0.4) is 0 Å². The van der Waals surface area contributed by atoms with Crippen LogP contribution in [0.1, 0.15) is 33.1 Å². The van der Waals surface area contributed by atoms with Crippen molar-refractivity contribution in [3.05, 3.63) is 0 Å². The Morgan fingerprint density at radius 3 is 2.77 bits per heavy atom. The van der Waals surface area contributed by atoms with Crippen LogP contribution < -0.4 is 11.1 Å². The summed E-state index contributed by atoms with van der Waals surface area (Å²) in [6.45, 7) is 7.80. The van der Waals surface area contributed by atoms with Crippen molar-refractivity contribution in [2.45, 2.75) is 33.1 Å². The van der Waals surface area contributed by atoms with Gasteiger partial charge in [0.25, 0.3) is 0 Å². The number of nitrogens with one attached hydrogen (secondary N) is 1. The van der Waals surface area contributed by atoms with Crippen molar-refractivity contribution in [3.63, 3.8) is 0 Å². The summed E-state index contributed by atoms with van der Waals surface area (Å²) in [5.41, 5.74) is 5.54. The van der Waals surface area contributed by atoms with E-state index in [1.807, 2.05) is 0 Å². The van der Waals surface area contributed by atoms with Crippen LogP contribution in [0.15, 0.2) is 0 Å². The third-order valence-electron chi connectivity index (χ3n) is 3.14. The second-order valence-corrected chi connectivity index (χ2v) is 4.66. The Morgan fingerprint density at radius 2 is 2.23 bits per heavy atom. The van der Waals surface area contributed by atoms with Crippen molar-refractivity contribution >= 4 is 0 Å². The molecule has 3 unspecified atom stereocenters. The first-order chi connectivity index (χ1) is 6.24. The zero-order valence-corrected chi connectivity index (χ0v) is 9.05. The van der Waals surface area contributed by atoms with Gasteiger partial charge >= 0.3 is 0 Å². The SMILES string of the molecule is CC(CN)CCCNCC1CC1C. The van der Waals surface area contributed by atoms with E-state index < -0.39 is 0 Å². The molecule has 0 aromatic heterocycles. The van der Waals surface area contributed by atoms with Crippen molar-refractivity contribution in [2.75, 3.05) is 19.6 Å². The van der Waals surface area contributed by atoms with E-state index in [1.54, 1.807) is 0 Å². The highest BCUT2D eigenvalue weighted by Crippen LogP contribution is 2.36. The second kappa shape index (κ2) is 5.61. The maximum atomic E-state index is 5.54. The van der Waals surface area contributed by atoms with Crippen LogP contribution in [0, 0.1) is 17.8 Å². The van der Waals surface area contributed by atoms with E-state index in [4.69, 9.17) is 5.73 Å². The monoisotopic (exact) mass is 184 g/mol. The molecule has 3 atom stereocenters. The van der Waals surface area contributed by atoms with Gasteiger partial charge in [0.15, 0.2) is 0 Å². The zero-order valence-electron chi connectivity index (χ0n) is 9.05. The Kier molecular flexibility index (Phi) is 4.74. The highest BCUT2D eigenvalue weighted by molar-refractivity contribution is 4.83. The van der Waals surface area contributed by atoms with E-state index in [0.717, 1.165) is 18.4 Å². The lowest BCUT2D eigenvalue weighted by Gasteiger charge is -2.08. The Morgan fingerprint density at radius 1 is 1.54 bits per heavy atom. The second-order valence-electron chi connectivity index (χ2n) is 4.66. The van der Waals surface area contributed by atoms with E-state index in [1.165, 1.54) is 32.4 Å². The minimum Gasteiger partial charge on any atom is -0.330 e. The Hall–Kier alpha value is -0.0800. The lowest BCUT2D eigenvalue weighted by molar-refractivity contribution is 0.494. The van der Waals surface area contributed by atoms with Gasteiger partial charge in [0, 0.05) is 0 Å². The van der Waals surface area contributed by atoms with Crippen LogP contribution in [0.4, 0.5) is 0 Å². The molecule has 1 fully saturated rings. The molecule has 1 aliphatic rings. The van der Waals surface area contributed by atoms with Gasteiger partial charge in [0.2, 0.25) is 0 Å². The molecule has 0 bridgehead atoms. The minimum absolute atomic E-state index is 0.696. The van der Waals surface area contributed by atoms with Crippen molar-refractivity contribution in [1.29, 1.82) is 0 Å². The molecule has 1 saturated carbocycles. The molecule has 0 heterocycles. The predicted octanol–water partition coefficient (Wildman–Crippen LogP) is 1.61. The molecule has 0 aromatic carbocycles. The fourth-order valence-electron chi connectivity index (χ4n) is 1.66. The highest BCUT2D eigenvalue weighted by Gasteiger charge is 2.31. The van der Waals surface area contributed by atoms with E-state index in [2.05, 4.69) is 19.2 Å². The number of rotatable bonds is 7. The molecule has 2 heteroatoms. The fraction of sp³-hybridized carbons (Fsp3) is 1.00. The molecule has 1 rings (SSSR count). The standard InChI is InChI=1S/C11H24N2/c1-9(7-12)4-3-5-13-8-11-6-10(11)2/h9-11,13H,3-8,12H2,1-2H3. The topological polar surface area (TPSA) is 38.0 Å². The first-order valence-corrected chi connectivity index (χ1v) is 5.64. The zero-order chi connectivity index (χ0) is 9.68.